The summed E-state index contributed by atoms with van der Waals surface area (Å²) in [5.74, 6) is 0. The van der Waals surface area contributed by atoms with E-state index in [1.807, 2.05) is 0 Å². The van der Waals surface area contributed by atoms with E-state index in [1.54, 1.807) is 0 Å². The number of nitrogens with zero attached hydrogens (tertiary/aromatic N) is 1. The van der Waals surface area contributed by atoms with Crippen LogP contribution in [-0.2, 0) is 6.54 Å². The zero-order chi connectivity index (χ0) is 15.2. The fourth-order valence-electron chi connectivity index (χ4n) is 2.44. The van der Waals surface area contributed by atoms with Crippen molar-refractivity contribution in [1.29, 1.82) is 0 Å². The minimum Gasteiger partial charge on any atom is -0.378 e. The van der Waals surface area contributed by atoms with Crippen LogP contribution in [0.2, 0.25) is 0 Å². The fourth-order valence-corrected chi connectivity index (χ4v) is 2.71. The van der Waals surface area contributed by atoms with Crippen molar-refractivity contribution in [2.75, 3.05) is 19.4 Å². The average Bonchev–Trinajstić information content (AvgIpc) is 2.45. The molecule has 2 aromatic carbocycles. The summed E-state index contributed by atoms with van der Waals surface area (Å²) in [5.41, 5.74) is 3.83. The summed E-state index contributed by atoms with van der Waals surface area (Å²) < 4.78 is 1.12. The molecule has 0 amide bonds. The van der Waals surface area contributed by atoms with E-state index < -0.39 is 0 Å². The van der Waals surface area contributed by atoms with Crippen molar-refractivity contribution < 1.29 is 0 Å². The number of hydrogen-bond donors (Lipinski definition) is 1. The number of anilines is 1. The predicted octanol–water partition coefficient (Wildman–Crippen LogP) is 5.07. The van der Waals surface area contributed by atoms with Crippen molar-refractivity contribution in [2.24, 2.45) is 0 Å². The lowest BCUT2D eigenvalue weighted by Gasteiger charge is -2.20. The van der Waals surface area contributed by atoms with Crippen LogP contribution >= 0.6 is 15.9 Å². The molecule has 0 fully saturated rings. The number of nitrogens with one attached hydrogen (secondary N) is 1. The van der Waals surface area contributed by atoms with Crippen molar-refractivity contribution in [3.63, 3.8) is 0 Å². The van der Waals surface area contributed by atoms with Crippen LogP contribution in [0.5, 0.6) is 0 Å². The van der Waals surface area contributed by atoms with Crippen molar-refractivity contribution in [3.05, 3.63) is 64.1 Å². The van der Waals surface area contributed by atoms with E-state index in [4.69, 9.17) is 0 Å². The highest BCUT2D eigenvalue weighted by molar-refractivity contribution is 9.10. The third-order valence-corrected chi connectivity index (χ3v) is 3.98. The molecular weight excluding hydrogens is 324 g/mol. The van der Waals surface area contributed by atoms with Gasteiger partial charge in [-0.25, -0.2) is 0 Å². The van der Waals surface area contributed by atoms with Gasteiger partial charge in [-0.2, -0.15) is 0 Å². The lowest BCUT2D eigenvalue weighted by atomic mass is 10.0. The third-order valence-electron chi connectivity index (χ3n) is 3.45. The minimum atomic E-state index is 0.340. The van der Waals surface area contributed by atoms with Crippen LogP contribution in [-0.4, -0.2) is 19.0 Å². The molecule has 0 aliphatic heterocycles. The van der Waals surface area contributed by atoms with Gasteiger partial charge in [0.25, 0.3) is 0 Å². The molecule has 2 rings (SSSR count). The maximum atomic E-state index is 3.64. The Balaban J connectivity index is 2.13. The van der Waals surface area contributed by atoms with Crippen LogP contribution in [0.15, 0.2) is 53.0 Å². The van der Waals surface area contributed by atoms with E-state index in [0.717, 1.165) is 17.4 Å². The van der Waals surface area contributed by atoms with Gasteiger partial charge in [0, 0.05) is 16.7 Å². The Morgan fingerprint density at radius 2 is 1.81 bits per heavy atom. The number of halogens is 1. The van der Waals surface area contributed by atoms with E-state index >= 15 is 0 Å². The van der Waals surface area contributed by atoms with Gasteiger partial charge in [0.2, 0.25) is 0 Å². The molecule has 0 bridgehead atoms. The molecule has 0 spiro atoms. The molecule has 3 heteroatoms. The molecule has 0 aliphatic carbocycles. The van der Waals surface area contributed by atoms with E-state index in [2.05, 4.69) is 95.7 Å². The van der Waals surface area contributed by atoms with Crippen LogP contribution in [0.4, 0.5) is 5.69 Å². The van der Waals surface area contributed by atoms with Gasteiger partial charge >= 0.3 is 0 Å². The lowest BCUT2D eigenvalue weighted by Crippen LogP contribution is -2.12. The molecule has 2 aromatic rings. The summed E-state index contributed by atoms with van der Waals surface area (Å²) in [6, 6.07) is 17.6. The minimum absolute atomic E-state index is 0.340. The monoisotopic (exact) mass is 346 g/mol. The Morgan fingerprint density at radius 1 is 1.10 bits per heavy atom. The van der Waals surface area contributed by atoms with Gasteiger partial charge in [-0.1, -0.05) is 47.1 Å². The van der Waals surface area contributed by atoms with Gasteiger partial charge in [0.1, 0.15) is 0 Å². The summed E-state index contributed by atoms with van der Waals surface area (Å²) in [6.07, 6.45) is 1.06. The molecule has 0 radical (unpaired) electrons. The van der Waals surface area contributed by atoms with Crippen molar-refractivity contribution in [1.82, 2.24) is 4.90 Å². The summed E-state index contributed by atoms with van der Waals surface area (Å²) in [5, 5.41) is 3.64. The highest BCUT2D eigenvalue weighted by Gasteiger charge is 2.09. The van der Waals surface area contributed by atoms with E-state index in [0.29, 0.717) is 6.04 Å². The molecule has 1 N–H and O–H groups in total. The van der Waals surface area contributed by atoms with E-state index in [9.17, 15) is 0 Å². The van der Waals surface area contributed by atoms with Gasteiger partial charge in [-0.3, -0.25) is 0 Å². The Bertz CT molecular complexity index is 564. The SMILES string of the molecule is CCC(Nc1cccc(CN(C)C)c1)c1ccc(Br)cc1. The van der Waals surface area contributed by atoms with Crippen LogP contribution in [0.3, 0.4) is 0 Å². The second kappa shape index (κ2) is 7.62. The lowest BCUT2D eigenvalue weighted by molar-refractivity contribution is 0.402. The molecule has 0 heterocycles. The highest BCUT2D eigenvalue weighted by Crippen LogP contribution is 2.24. The normalized spacial score (nSPS) is 12.4. The molecule has 2 nitrogen and oxygen atoms in total. The summed E-state index contributed by atoms with van der Waals surface area (Å²) >= 11 is 3.49. The van der Waals surface area contributed by atoms with E-state index in [1.165, 1.54) is 16.8 Å². The third kappa shape index (κ3) is 4.87. The Kier molecular flexibility index (Phi) is 5.83. The fraction of sp³-hybridized carbons (Fsp3) is 0.333. The first-order valence-corrected chi connectivity index (χ1v) is 8.13. The van der Waals surface area contributed by atoms with Gasteiger partial charge in [0.15, 0.2) is 0 Å². The average molecular weight is 347 g/mol. The number of benzene rings is 2. The summed E-state index contributed by atoms with van der Waals surface area (Å²) in [7, 11) is 4.19. The van der Waals surface area contributed by atoms with Gasteiger partial charge in [-0.15, -0.1) is 0 Å². The molecule has 0 saturated carbocycles. The Morgan fingerprint density at radius 3 is 2.43 bits per heavy atom. The predicted molar refractivity (Wildman–Crippen MR) is 94.6 cm³/mol. The first-order valence-electron chi connectivity index (χ1n) is 7.34. The highest BCUT2D eigenvalue weighted by atomic mass is 79.9. The quantitative estimate of drug-likeness (QED) is 0.784. The molecule has 0 saturated heterocycles. The molecule has 0 aromatic heterocycles. The molecule has 0 aliphatic rings. The first-order chi connectivity index (χ1) is 10.1. The Hall–Kier alpha value is -1.32. The topological polar surface area (TPSA) is 15.3 Å². The number of hydrogen-bond acceptors (Lipinski definition) is 2. The van der Waals surface area contributed by atoms with Crippen molar-refractivity contribution >= 4 is 21.6 Å². The second-order valence-corrected chi connectivity index (χ2v) is 6.51. The maximum absolute atomic E-state index is 3.64. The summed E-state index contributed by atoms with van der Waals surface area (Å²) in [4.78, 5) is 2.19. The van der Waals surface area contributed by atoms with Crippen LogP contribution in [0.25, 0.3) is 0 Å². The van der Waals surface area contributed by atoms with Crippen molar-refractivity contribution in [2.45, 2.75) is 25.9 Å². The largest absolute Gasteiger partial charge is 0.378 e. The first kappa shape index (κ1) is 16.1. The van der Waals surface area contributed by atoms with Crippen molar-refractivity contribution in [3.8, 4) is 0 Å². The van der Waals surface area contributed by atoms with Crippen LogP contribution < -0.4 is 5.32 Å². The molecule has 1 atom stereocenters. The molecule has 112 valence electrons. The zero-order valence-corrected chi connectivity index (χ0v) is 14.5. The summed E-state index contributed by atoms with van der Waals surface area (Å²) in [6.45, 7) is 3.17. The zero-order valence-electron chi connectivity index (χ0n) is 12.9. The molecule has 1 unspecified atom stereocenters. The molecular formula is C18H23BrN2. The van der Waals surface area contributed by atoms with Gasteiger partial charge in [-0.05, 0) is 55.9 Å². The van der Waals surface area contributed by atoms with Crippen LogP contribution in [0.1, 0.15) is 30.5 Å². The van der Waals surface area contributed by atoms with Crippen LogP contribution in [0, 0.1) is 0 Å². The van der Waals surface area contributed by atoms with Gasteiger partial charge in [0.05, 0.1) is 6.04 Å². The van der Waals surface area contributed by atoms with E-state index in [-0.39, 0.29) is 0 Å². The van der Waals surface area contributed by atoms with Gasteiger partial charge < -0.3 is 10.2 Å². The smallest absolute Gasteiger partial charge is 0.0511 e. The Labute approximate surface area is 136 Å². The number of rotatable bonds is 6. The maximum Gasteiger partial charge on any atom is 0.0511 e. The standard InChI is InChI=1S/C18H23BrN2/c1-4-18(15-8-10-16(19)11-9-15)20-17-7-5-6-14(12-17)13-21(2)3/h5-12,18,20H,4,13H2,1-3H3. The molecule has 21 heavy (non-hydrogen) atoms. The second-order valence-electron chi connectivity index (χ2n) is 5.59.